The molecule has 0 bridgehead atoms. The molecular formula is C14H27ClN2O3. The van der Waals surface area contributed by atoms with Crippen molar-refractivity contribution in [1.29, 1.82) is 0 Å². The van der Waals surface area contributed by atoms with Gasteiger partial charge in [-0.25, -0.2) is 0 Å². The molecule has 0 saturated carbocycles. The number of likely N-dealkylation sites (N-methyl/N-ethyl adjacent to an activating group) is 1. The standard InChI is InChI=1S/C14H26N2O3.ClH/c1-16(10-12-4-3-9-19-12)13(17)14(11-18-2)5-7-15-8-6-14;/h12,15H,3-11H2,1-2H3;1H. The molecule has 0 aliphatic carbocycles. The summed E-state index contributed by atoms with van der Waals surface area (Å²) in [4.78, 5) is 14.6. The summed E-state index contributed by atoms with van der Waals surface area (Å²) < 4.78 is 10.9. The molecule has 2 fully saturated rings. The Hall–Kier alpha value is -0.360. The molecule has 2 heterocycles. The van der Waals surface area contributed by atoms with Crippen LogP contribution in [0.1, 0.15) is 25.7 Å². The van der Waals surface area contributed by atoms with Crippen molar-refractivity contribution in [1.82, 2.24) is 10.2 Å². The first kappa shape index (κ1) is 17.7. The maximum Gasteiger partial charge on any atom is 0.231 e. The van der Waals surface area contributed by atoms with Crippen LogP contribution in [0.15, 0.2) is 0 Å². The van der Waals surface area contributed by atoms with E-state index in [4.69, 9.17) is 9.47 Å². The zero-order valence-corrected chi connectivity index (χ0v) is 13.3. The topological polar surface area (TPSA) is 50.8 Å². The molecule has 1 atom stereocenters. The van der Waals surface area contributed by atoms with Crippen molar-refractivity contribution in [3.63, 3.8) is 0 Å². The quantitative estimate of drug-likeness (QED) is 0.825. The second kappa shape index (κ2) is 8.17. The number of methoxy groups -OCH3 is 1. The van der Waals surface area contributed by atoms with E-state index in [0.29, 0.717) is 13.2 Å². The van der Waals surface area contributed by atoms with Gasteiger partial charge in [0.1, 0.15) is 0 Å². The minimum atomic E-state index is -0.340. The molecule has 0 aromatic heterocycles. The number of rotatable bonds is 5. The van der Waals surface area contributed by atoms with E-state index in [1.165, 1.54) is 0 Å². The number of amides is 1. The van der Waals surface area contributed by atoms with Gasteiger partial charge < -0.3 is 19.7 Å². The molecule has 5 nitrogen and oxygen atoms in total. The van der Waals surface area contributed by atoms with Crippen LogP contribution in [0.3, 0.4) is 0 Å². The van der Waals surface area contributed by atoms with E-state index in [-0.39, 0.29) is 29.8 Å². The summed E-state index contributed by atoms with van der Waals surface area (Å²) in [5.41, 5.74) is -0.340. The molecular weight excluding hydrogens is 280 g/mol. The Balaban J connectivity index is 0.00000200. The lowest BCUT2D eigenvalue weighted by Crippen LogP contribution is -2.51. The normalized spacial score (nSPS) is 25.0. The second-order valence-electron chi connectivity index (χ2n) is 5.78. The largest absolute Gasteiger partial charge is 0.384 e. The summed E-state index contributed by atoms with van der Waals surface area (Å²) in [7, 11) is 3.57. The van der Waals surface area contributed by atoms with Crippen LogP contribution in [-0.4, -0.2) is 63.9 Å². The van der Waals surface area contributed by atoms with Gasteiger partial charge in [-0.2, -0.15) is 0 Å². The lowest BCUT2D eigenvalue weighted by molar-refractivity contribution is -0.147. The number of piperidine rings is 1. The molecule has 0 radical (unpaired) electrons. The number of hydrogen-bond acceptors (Lipinski definition) is 4. The van der Waals surface area contributed by atoms with Crippen LogP contribution in [0.25, 0.3) is 0 Å². The van der Waals surface area contributed by atoms with Gasteiger partial charge >= 0.3 is 0 Å². The van der Waals surface area contributed by atoms with Crippen LogP contribution in [0.5, 0.6) is 0 Å². The van der Waals surface area contributed by atoms with Crippen LogP contribution < -0.4 is 5.32 Å². The van der Waals surface area contributed by atoms with Crippen LogP contribution in [0.4, 0.5) is 0 Å². The van der Waals surface area contributed by atoms with Gasteiger partial charge in [0, 0.05) is 27.3 Å². The fourth-order valence-electron chi connectivity index (χ4n) is 3.18. The summed E-state index contributed by atoms with van der Waals surface area (Å²) in [5, 5.41) is 3.31. The lowest BCUT2D eigenvalue weighted by Gasteiger charge is -2.38. The van der Waals surface area contributed by atoms with Crippen LogP contribution >= 0.6 is 12.4 Å². The summed E-state index contributed by atoms with van der Waals surface area (Å²) in [6.45, 7) is 3.84. The fourth-order valence-corrected chi connectivity index (χ4v) is 3.18. The van der Waals surface area contributed by atoms with E-state index in [0.717, 1.165) is 45.4 Å². The number of ether oxygens (including phenoxy) is 2. The van der Waals surface area contributed by atoms with E-state index in [1.807, 2.05) is 11.9 Å². The van der Waals surface area contributed by atoms with Crippen molar-refractivity contribution in [2.24, 2.45) is 5.41 Å². The fraction of sp³-hybridized carbons (Fsp3) is 0.929. The molecule has 1 unspecified atom stereocenters. The van der Waals surface area contributed by atoms with Gasteiger partial charge in [0.25, 0.3) is 0 Å². The van der Waals surface area contributed by atoms with Gasteiger partial charge in [0.2, 0.25) is 5.91 Å². The average Bonchev–Trinajstić information content (AvgIpc) is 2.92. The molecule has 6 heteroatoms. The van der Waals surface area contributed by atoms with E-state index in [2.05, 4.69) is 5.32 Å². The molecule has 20 heavy (non-hydrogen) atoms. The smallest absolute Gasteiger partial charge is 0.231 e. The predicted molar refractivity (Wildman–Crippen MR) is 80.3 cm³/mol. The number of hydrogen-bond donors (Lipinski definition) is 1. The van der Waals surface area contributed by atoms with Gasteiger partial charge in [-0.15, -0.1) is 12.4 Å². The highest BCUT2D eigenvalue weighted by atomic mass is 35.5. The molecule has 1 N–H and O–H groups in total. The van der Waals surface area contributed by atoms with E-state index < -0.39 is 0 Å². The summed E-state index contributed by atoms with van der Waals surface area (Å²) in [5.74, 6) is 0.214. The predicted octanol–water partition coefficient (Wildman–Crippen LogP) is 1.06. The number of carbonyl (C=O) groups excluding carboxylic acids is 1. The van der Waals surface area contributed by atoms with Gasteiger partial charge in [0.15, 0.2) is 0 Å². The van der Waals surface area contributed by atoms with Gasteiger partial charge in [-0.3, -0.25) is 4.79 Å². The molecule has 118 valence electrons. The Kier molecular flexibility index (Phi) is 7.23. The van der Waals surface area contributed by atoms with Crippen molar-refractivity contribution < 1.29 is 14.3 Å². The summed E-state index contributed by atoms with van der Waals surface area (Å²) >= 11 is 0. The van der Waals surface area contributed by atoms with Gasteiger partial charge in [-0.05, 0) is 38.8 Å². The molecule has 2 saturated heterocycles. The van der Waals surface area contributed by atoms with Gasteiger partial charge in [0.05, 0.1) is 18.1 Å². The number of halogens is 1. The average molecular weight is 307 g/mol. The zero-order chi connectivity index (χ0) is 13.7. The molecule has 2 aliphatic heterocycles. The molecule has 0 aromatic rings. The maximum absolute atomic E-state index is 12.8. The zero-order valence-electron chi connectivity index (χ0n) is 12.5. The van der Waals surface area contributed by atoms with E-state index >= 15 is 0 Å². The highest BCUT2D eigenvalue weighted by Gasteiger charge is 2.41. The second-order valence-corrected chi connectivity index (χ2v) is 5.78. The maximum atomic E-state index is 12.8. The minimum Gasteiger partial charge on any atom is -0.384 e. The third-order valence-corrected chi connectivity index (χ3v) is 4.28. The monoisotopic (exact) mass is 306 g/mol. The Morgan fingerprint density at radius 1 is 1.45 bits per heavy atom. The number of nitrogens with zero attached hydrogens (tertiary/aromatic N) is 1. The van der Waals surface area contributed by atoms with Crippen LogP contribution in [-0.2, 0) is 14.3 Å². The summed E-state index contributed by atoms with van der Waals surface area (Å²) in [6, 6.07) is 0. The summed E-state index contributed by atoms with van der Waals surface area (Å²) in [6.07, 6.45) is 4.11. The minimum absolute atomic E-state index is 0. The Labute approximate surface area is 127 Å². The molecule has 2 rings (SSSR count). The highest BCUT2D eigenvalue weighted by molar-refractivity contribution is 5.85. The van der Waals surface area contributed by atoms with Crippen LogP contribution in [0, 0.1) is 5.41 Å². The first-order chi connectivity index (χ1) is 9.18. The Morgan fingerprint density at radius 3 is 2.70 bits per heavy atom. The SMILES string of the molecule is COCC1(C(=O)N(C)CC2CCCO2)CCNCC1.Cl. The number of carbonyl (C=O) groups is 1. The van der Waals surface area contributed by atoms with Crippen molar-refractivity contribution in [3.05, 3.63) is 0 Å². The number of nitrogens with one attached hydrogen (secondary N) is 1. The van der Waals surface area contributed by atoms with Crippen molar-refractivity contribution in [2.45, 2.75) is 31.8 Å². The third kappa shape index (κ3) is 4.07. The van der Waals surface area contributed by atoms with Crippen molar-refractivity contribution in [3.8, 4) is 0 Å². The molecule has 2 aliphatic rings. The Morgan fingerprint density at radius 2 is 2.15 bits per heavy atom. The Bertz CT molecular complexity index is 297. The molecule has 0 spiro atoms. The first-order valence-electron chi connectivity index (χ1n) is 7.25. The van der Waals surface area contributed by atoms with E-state index in [1.54, 1.807) is 7.11 Å². The van der Waals surface area contributed by atoms with Gasteiger partial charge in [-0.1, -0.05) is 0 Å². The third-order valence-electron chi connectivity index (χ3n) is 4.28. The van der Waals surface area contributed by atoms with Crippen molar-refractivity contribution >= 4 is 18.3 Å². The van der Waals surface area contributed by atoms with Crippen molar-refractivity contribution in [2.75, 3.05) is 47.0 Å². The van der Waals surface area contributed by atoms with E-state index in [9.17, 15) is 4.79 Å². The molecule has 0 aromatic carbocycles. The van der Waals surface area contributed by atoms with Crippen LogP contribution in [0.2, 0.25) is 0 Å². The first-order valence-corrected chi connectivity index (χ1v) is 7.25. The highest BCUT2D eigenvalue weighted by Crippen LogP contribution is 2.31. The molecule has 1 amide bonds. The lowest BCUT2D eigenvalue weighted by atomic mass is 9.78.